The van der Waals surface area contributed by atoms with Gasteiger partial charge >= 0.3 is 0 Å². The van der Waals surface area contributed by atoms with Crippen molar-refractivity contribution < 1.29 is 13.9 Å². The van der Waals surface area contributed by atoms with Crippen molar-refractivity contribution in [2.45, 2.75) is 37.7 Å². The summed E-state index contributed by atoms with van der Waals surface area (Å²) in [7, 11) is 0. The number of aromatic nitrogens is 1. The quantitative estimate of drug-likeness (QED) is 0.836. The van der Waals surface area contributed by atoms with E-state index in [1.165, 1.54) is 6.07 Å². The van der Waals surface area contributed by atoms with Gasteiger partial charge < -0.3 is 9.47 Å². The first-order valence-electron chi connectivity index (χ1n) is 8.82. The molecule has 3 heterocycles. The van der Waals surface area contributed by atoms with E-state index in [-0.39, 0.29) is 17.5 Å². The standard InChI is InChI=1S/C20H23FN2O2/c21-18-3-1-2-17(10-18)12-23-14-20(15-23)11-19(6-9-25-20)24-13-16-4-7-22-8-5-16/h1-5,7-8,10,19H,6,9,11-15H2/t19-/m0/s1. The van der Waals surface area contributed by atoms with Crippen LogP contribution in [0.4, 0.5) is 4.39 Å². The van der Waals surface area contributed by atoms with E-state index in [1.54, 1.807) is 24.5 Å². The lowest BCUT2D eigenvalue weighted by Gasteiger charge is -2.53. The maximum absolute atomic E-state index is 13.3. The Morgan fingerprint density at radius 1 is 1.20 bits per heavy atom. The topological polar surface area (TPSA) is 34.6 Å². The molecule has 0 saturated carbocycles. The van der Waals surface area contributed by atoms with Gasteiger partial charge in [0.25, 0.3) is 0 Å². The zero-order valence-electron chi connectivity index (χ0n) is 14.2. The molecule has 132 valence electrons. The molecule has 2 aliphatic heterocycles. The summed E-state index contributed by atoms with van der Waals surface area (Å²) in [6.45, 7) is 3.91. The molecule has 0 unspecified atom stereocenters. The molecule has 0 bridgehead atoms. The van der Waals surface area contributed by atoms with Crippen LogP contribution in [0.5, 0.6) is 0 Å². The molecule has 5 heteroatoms. The minimum absolute atomic E-state index is 0.0888. The number of rotatable bonds is 5. The average Bonchev–Trinajstić information content (AvgIpc) is 2.60. The number of halogens is 1. The van der Waals surface area contributed by atoms with Crippen LogP contribution in [0.2, 0.25) is 0 Å². The van der Waals surface area contributed by atoms with Gasteiger partial charge in [-0.2, -0.15) is 0 Å². The van der Waals surface area contributed by atoms with Gasteiger partial charge in [-0.05, 0) is 41.8 Å². The predicted molar refractivity (Wildman–Crippen MR) is 92.4 cm³/mol. The lowest BCUT2D eigenvalue weighted by molar-refractivity contribution is -0.200. The van der Waals surface area contributed by atoms with Gasteiger partial charge in [0.15, 0.2) is 0 Å². The Balaban J connectivity index is 1.27. The third kappa shape index (κ3) is 4.06. The Hall–Kier alpha value is -1.82. The van der Waals surface area contributed by atoms with Gasteiger partial charge in [-0.3, -0.25) is 9.88 Å². The Morgan fingerprint density at radius 2 is 2.04 bits per heavy atom. The fourth-order valence-electron chi connectivity index (χ4n) is 3.81. The number of likely N-dealkylation sites (tertiary alicyclic amines) is 1. The van der Waals surface area contributed by atoms with Crippen LogP contribution in [0, 0.1) is 5.82 Å². The molecule has 0 amide bonds. The van der Waals surface area contributed by atoms with Crippen molar-refractivity contribution in [2.75, 3.05) is 19.7 Å². The van der Waals surface area contributed by atoms with Crippen LogP contribution < -0.4 is 0 Å². The van der Waals surface area contributed by atoms with Crippen LogP contribution in [-0.4, -0.2) is 41.3 Å². The SMILES string of the molecule is Fc1cccc(CN2CC3(C[C@@H](OCc4ccncc4)CCO3)C2)c1. The zero-order valence-corrected chi connectivity index (χ0v) is 14.2. The Morgan fingerprint density at radius 3 is 2.84 bits per heavy atom. The molecule has 4 nitrogen and oxygen atoms in total. The van der Waals surface area contributed by atoms with Gasteiger partial charge in [0, 0.05) is 45.1 Å². The molecule has 4 rings (SSSR count). The minimum atomic E-state index is -0.175. The Labute approximate surface area is 147 Å². The molecule has 2 aromatic rings. The second-order valence-corrected chi connectivity index (χ2v) is 7.09. The minimum Gasteiger partial charge on any atom is -0.373 e. The van der Waals surface area contributed by atoms with Gasteiger partial charge in [-0.15, -0.1) is 0 Å². The average molecular weight is 342 g/mol. The summed E-state index contributed by atoms with van der Waals surface area (Å²) in [5, 5.41) is 0. The van der Waals surface area contributed by atoms with Gasteiger partial charge in [0.2, 0.25) is 0 Å². The lowest BCUT2D eigenvalue weighted by Crippen LogP contribution is -2.65. The third-order valence-electron chi connectivity index (χ3n) is 5.00. The van der Waals surface area contributed by atoms with E-state index in [0.29, 0.717) is 6.61 Å². The van der Waals surface area contributed by atoms with Crippen molar-refractivity contribution in [2.24, 2.45) is 0 Å². The second kappa shape index (κ2) is 7.20. The van der Waals surface area contributed by atoms with Crippen molar-refractivity contribution in [3.63, 3.8) is 0 Å². The number of ether oxygens (including phenoxy) is 2. The van der Waals surface area contributed by atoms with Crippen LogP contribution in [0.25, 0.3) is 0 Å². The van der Waals surface area contributed by atoms with Crippen molar-refractivity contribution >= 4 is 0 Å². The number of pyridine rings is 1. The first kappa shape index (κ1) is 16.6. The van der Waals surface area contributed by atoms with E-state index >= 15 is 0 Å². The van der Waals surface area contributed by atoms with Gasteiger partial charge in [-0.1, -0.05) is 12.1 Å². The largest absolute Gasteiger partial charge is 0.373 e. The molecular formula is C20H23FN2O2. The number of hydrogen-bond acceptors (Lipinski definition) is 4. The highest BCUT2D eigenvalue weighted by molar-refractivity contribution is 5.17. The predicted octanol–water partition coefficient (Wildman–Crippen LogP) is 3.17. The van der Waals surface area contributed by atoms with Gasteiger partial charge in [0.05, 0.1) is 18.3 Å². The van der Waals surface area contributed by atoms with Crippen molar-refractivity contribution in [3.05, 3.63) is 65.7 Å². The molecule has 25 heavy (non-hydrogen) atoms. The van der Waals surface area contributed by atoms with E-state index in [4.69, 9.17) is 9.47 Å². The van der Waals surface area contributed by atoms with E-state index in [9.17, 15) is 4.39 Å². The van der Waals surface area contributed by atoms with Crippen molar-refractivity contribution in [3.8, 4) is 0 Å². The second-order valence-electron chi connectivity index (χ2n) is 7.09. The molecule has 0 radical (unpaired) electrons. The fourth-order valence-corrected chi connectivity index (χ4v) is 3.81. The maximum atomic E-state index is 13.3. The van der Waals surface area contributed by atoms with Crippen LogP contribution in [-0.2, 0) is 22.6 Å². The number of benzene rings is 1. The van der Waals surface area contributed by atoms with Crippen LogP contribution in [0.15, 0.2) is 48.8 Å². The van der Waals surface area contributed by atoms with Gasteiger partial charge in [0.1, 0.15) is 5.82 Å². The normalized spacial score (nSPS) is 22.7. The molecule has 1 spiro atoms. The monoisotopic (exact) mass is 342 g/mol. The van der Waals surface area contributed by atoms with Crippen LogP contribution >= 0.6 is 0 Å². The fraction of sp³-hybridized carbons (Fsp3) is 0.450. The zero-order chi connectivity index (χ0) is 17.1. The van der Waals surface area contributed by atoms with Gasteiger partial charge in [-0.25, -0.2) is 4.39 Å². The molecule has 1 aromatic heterocycles. The summed E-state index contributed by atoms with van der Waals surface area (Å²) in [5.74, 6) is -0.175. The highest BCUT2D eigenvalue weighted by Gasteiger charge is 2.47. The summed E-state index contributed by atoms with van der Waals surface area (Å²) in [6, 6.07) is 10.8. The van der Waals surface area contributed by atoms with Crippen molar-refractivity contribution in [1.82, 2.24) is 9.88 Å². The van der Waals surface area contributed by atoms with Crippen molar-refractivity contribution in [1.29, 1.82) is 0 Å². The molecule has 2 saturated heterocycles. The highest BCUT2D eigenvalue weighted by Crippen LogP contribution is 2.36. The summed E-state index contributed by atoms with van der Waals surface area (Å²) in [5.41, 5.74) is 2.07. The first-order valence-corrected chi connectivity index (χ1v) is 8.82. The first-order chi connectivity index (χ1) is 12.2. The summed E-state index contributed by atoms with van der Waals surface area (Å²) in [4.78, 5) is 6.33. The molecule has 0 N–H and O–H groups in total. The number of hydrogen-bond donors (Lipinski definition) is 0. The molecule has 0 aliphatic carbocycles. The number of nitrogens with zero attached hydrogens (tertiary/aromatic N) is 2. The van der Waals surface area contributed by atoms with E-state index in [0.717, 1.165) is 50.2 Å². The van der Waals surface area contributed by atoms with E-state index < -0.39 is 0 Å². The smallest absolute Gasteiger partial charge is 0.123 e. The Bertz CT molecular complexity index is 704. The molecule has 2 fully saturated rings. The van der Waals surface area contributed by atoms with Crippen LogP contribution in [0.1, 0.15) is 24.0 Å². The third-order valence-corrected chi connectivity index (χ3v) is 5.00. The molecule has 1 atom stereocenters. The summed E-state index contributed by atoms with van der Waals surface area (Å²) < 4.78 is 25.5. The molecule has 2 aliphatic rings. The summed E-state index contributed by atoms with van der Waals surface area (Å²) in [6.07, 6.45) is 5.69. The molecular weight excluding hydrogens is 319 g/mol. The van der Waals surface area contributed by atoms with E-state index in [2.05, 4.69) is 9.88 Å². The lowest BCUT2D eigenvalue weighted by atomic mass is 9.84. The summed E-state index contributed by atoms with van der Waals surface area (Å²) >= 11 is 0. The molecule has 1 aromatic carbocycles. The van der Waals surface area contributed by atoms with E-state index in [1.807, 2.05) is 18.2 Å². The highest BCUT2D eigenvalue weighted by atomic mass is 19.1. The Kier molecular flexibility index (Phi) is 4.79. The van der Waals surface area contributed by atoms with Crippen LogP contribution in [0.3, 0.4) is 0 Å². The maximum Gasteiger partial charge on any atom is 0.123 e.